The second kappa shape index (κ2) is 5.86. The molecule has 0 saturated carbocycles. The molecule has 0 radical (unpaired) electrons. The van der Waals surface area contributed by atoms with Gasteiger partial charge in [-0.05, 0) is 59.0 Å². The summed E-state index contributed by atoms with van der Waals surface area (Å²) in [6, 6.07) is 0.847. The van der Waals surface area contributed by atoms with E-state index in [0.29, 0.717) is 0 Å². The molecule has 0 aliphatic carbocycles. The van der Waals surface area contributed by atoms with Crippen molar-refractivity contribution >= 4 is 0 Å². The molecule has 1 aliphatic rings. The van der Waals surface area contributed by atoms with Crippen molar-refractivity contribution < 1.29 is 0 Å². The molecule has 0 spiro atoms. The molecule has 1 heterocycles. The van der Waals surface area contributed by atoms with E-state index >= 15 is 0 Å². The largest absolute Gasteiger partial charge is 0.326 e. The Morgan fingerprint density at radius 1 is 1.33 bits per heavy atom. The molecule has 1 fully saturated rings. The van der Waals surface area contributed by atoms with Crippen LogP contribution in [0.5, 0.6) is 0 Å². The van der Waals surface area contributed by atoms with Crippen LogP contribution in [0.4, 0.5) is 0 Å². The van der Waals surface area contributed by atoms with Crippen LogP contribution in [0.2, 0.25) is 0 Å². The normalized spacial score (nSPS) is 24.4. The Bertz CT molecular complexity index is 172. The van der Waals surface area contributed by atoms with E-state index < -0.39 is 0 Å². The summed E-state index contributed by atoms with van der Waals surface area (Å²) in [5.41, 5.74) is 6.01. The average molecular weight is 212 g/mol. The van der Waals surface area contributed by atoms with E-state index in [1.807, 2.05) is 0 Å². The van der Waals surface area contributed by atoms with Gasteiger partial charge in [0.1, 0.15) is 0 Å². The molecule has 2 N–H and O–H groups in total. The third-order valence-electron chi connectivity index (χ3n) is 3.49. The monoisotopic (exact) mass is 212 g/mol. The first-order valence-electron chi connectivity index (χ1n) is 6.56. The van der Waals surface area contributed by atoms with Gasteiger partial charge < -0.3 is 10.6 Å². The summed E-state index contributed by atoms with van der Waals surface area (Å²) >= 11 is 0. The molecule has 0 aromatic carbocycles. The van der Waals surface area contributed by atoms with Crippen molar-refractivity contribution in [2.75, 3.05) is 13.1 Å². The van der Waals surface area contributed by atoms with Gasteiger partial charge in [-0.2, -0.15) is 0 Å². The number of nitrogens with two attached hydrogens (primary N) is 1. The standard InChI is InChI=1S/C13H28N2/c1-4-12-8-5-6-10-15(12)11-7-9-13(2,3)14/h12H,4-11,14H2,1-3H3. The maximum Gasteiger partial charge on any atom is 0.00975 e. The molecule has 2 heteroatoms. The Balaban J connectivity index is 2.23. The molecule has 2 nitrogen and oxygen atoms in total. The predicted octanol–water partition coefficient (Wildman–Crippen LogP) is 2.77. The van der Waals surface area contributed by atoms with Crippen LogP contribution in [0.25, 0.3) is 0 Å². The lowest BCUT2D eigenvalue weighted by molar-refractivity contribution is 0.139. The fraction of sp³-hybridized carbons (Fsp3) is 1.00. The smallest absolute Gasteiger partial charge is 0.00975 e. The zero-order valence-corrected chi connectivity index (χ0v) is 10.8. The Kier molecular flexibility index (Phi) is 5.07. The number of piperidine rings is 1. The van der Waals surface area contributed by atoms with E-state index in [4.69, 9.17) is 5.73 Å². The van der Waals surface area contributed by atoms with E-state index in [9.17, 15) is 0 Å². The van der Waals surface area contributed by atoms with Crippen LogP contribution in [-0.2, 0) is 0 Å². The van der Waals surface area contributed by atoms with Crippen LogP contribution in [0, 0.1) is 0 Å². The third-order valence-corrected chi connectivity index (χ3v) is 3.49. The number of hydrogen-bond donors (Lipinski definition) is 1. The summed E-state index contributed by atoms with van der Waals surface area (Å²) in [5.74, 6) is 0. The van der Waals surface area contributed by atoms with Crippen LogP contribution >= 0.6 is 0 Å². The molecule has 0 aromatic rings. The molecule has 0 amide bonds. The first kappa shape index (κ1) is 13.0. The van der Waals surface area contributed by atoms with Crippen LogP contribution in [0.3, 0.4) is 0 Å². The molecule has 15 heavy (non-hydrogen) atoms. The molecular formula is C13H28N2. The van der Waals surface area contributed by atoms with Crippen molar-refractivity contribution in [1.29, 1.82) is 0 Å². The number of likely N-dealkylation sites (tertiary alicyclic amines) is 1. The zero-order chi connectivity index (χ0) is 11.3. The van der Waals surface area contributed by atoms with E-state index in [-0.39, 0.29) is 5.54 Å². The fourth-order valence-electron chi connectivity index (χ4n) is 2.55. The topological polar surface area (TPSA) is 29.3 Å². The minimum Gasteiger partial charge on any atom is -0.326 e. The number of rotatable bonds is 5. The van der Waals surface area contributed by atoms with Crippen molar-refractivity contribution in [3.8, 4) is 0 Å². The zero-order valence-electron chi connectivity index (χ0n) is 10.8. The lowest BCUT2D eigenvalue weighted by Crippen LogP contribution is -2.40. The van der Waals surface area contributed by atoms with Gasteiger partial charge in [-0.1, -0.05) is 13.3 Å². The summed E-state index contributed by atoms with van der Waals surface area (Å²) in [7, 11) is 0. The highest BCUT2D eigenvalue weighted by Crippen LogP contribution is 2.20. The lowest BCUT2D eigenvalue weighted by atomic mass is 9.97. The van der Waals surface area contributed by atoms with Gasteiger partial charge >= 0.3 is 0 Å². The van der Waals surface area contributed by atoms with Gasteiger partial charge in [-0.15, -0.1) is 0 Å². The van der Waals surface area contributed by atoms with E-state index in [1.54, 1.807) is 0 Å². The van der Waals surface area contributed by atoms with E-state index in [1.165, 1.54) is 45.2 Å². The van der Waals surface area contributed by atoms with Gasteiger partial charge in [0.05, 0.1) is 0 Å². The predicted molar refractivity (Wildman–Crippen MR) is 67.0 cm³/mol. The highest BCUT2D eigenvalue weighted by Gasteiger charge is 2.20. The first-order chi connectivity index (χ1) is 7.03. The maximum atomic E-state index is 6.00. The van der Waals surface area contributed by atoms with Gasteiger partial charge in [0, 0.05) is 11.6 Å². The van der Waals surface area contributed by atoms with Crippen molar-refractivity contribution in [2.24, 2.45) is 5.73 Å². The van der Waals surface area contributed by atoms with Crippen LogP contribution in [0.15, 0.2) is 0 Å². The molecule has 0 aromatic heterocycles. The fourth-order valence-corrected chi connectivity index (χ4v) is 2.55. The summed E-state index contributed by atoms with van der Waals surface area (Å²) in [6.07, 6.45) is 7.92. The van der Waals surface area contributed by atoms with Crippen LogP contribution < -0.4 is 5.73 Å². The van der Waals surface area contributed by atoms with Crippen molar-refractivity contribution in [3.63, 3.8) is 0 Å². The Morgan fingerprint density at radius 2 is 2.07 bits per heavy atom. The molecule has 1 rings (SSSR count). The van der Waals surface area contributed by atoms with Gasteiger partial charge in [0.2, 0.25) is 0 Å². The molecule has 0 bridgehead atoms. The lowest BCUT2D eigenvalue weighted by Gasteiger charge is -2.35. The highest BCUT2D eigenvalue weighted by atomic mass is 15.2. The highest BCUT2D eigenvalue weighted by molar-refractivity contribution is 4.77. The van der Waals surface area contributed by atoms with E-state index in [0.717, 1.165) is 12.5 Å². The molecule has 1 aliphatic heterocycles. The summed E-state index contributed by atoms with van der Waals surface area (Å²) in [6.45, 7) is 9.12. The first-order valence-corrected chi connectivity index (χ1v) is 6.56. The third kappa shape index (κ3) is 4.98. The van der Waals surface area contributed by atoms with Crippen molar-refractivity contribution in [1.82, 2.24) is 4.90 Å². The van der Waals surface area contributed by atoms with Crippen molar-refractivity contribution in [3.05, 3.63) is 0 Å². The number of hydrogen-bond acceptors (Lipinski definition) is 2. The SMILES string of the molecule is CCC1CCCCN1CCCC(C)(C)N. The number of nitrogens with zero attached hydrogens (tertiary/aromatic N) is 1. The molecule has 1 unspecified atom stereocenters. The second-order valence-corrected chi connectivity index (χ2v) is 5.69. The molecule has 1 saturated heterocycles. The van der Waals surface area contributed by atoms with Gasteiger partial charge in [-0.3, -0.25) is 0 Å². The minimum atomic E-state index is 0.0114. The van der Waals surface area contributed by atoms with Crippen LogP contribution in [-0.4, -0.2) is 29.6 Å². The van der Waals surface area contributed by atoms with Gasteiger partial charge in [0.15, 0.2) is 0 Å². The summed E-state index contributed by atoms with van der Waals surface area (Å²) < 4.78 is 0. The average Bonchev–Trinajstić information content (AvgIpc) is 2.16. The summed E-state index contributed by atoms with van der Waals surface area (Å²) in [4.78, 5) is 2.68. The quantitative estimate of drug-likeness (QED) is 0.759. The van der Waals surface area contributed by atoms with Crippen molar-refractivity contribution in [2.45, 2.75) is 70.9 Å². The molecule has 90 valence electrons. The maximum absolute atomic E-state index is 6.00. The van der Waals surface area contributed by atoms with E-state index in [2.05, 4.69) is 25.7 Å². The molecular weight excluding hydrogens is 184 g/mol. The minimum absolute atomic E-state index is 0.0114. The summed E-state index contributed by atoms with van der Waals surface area (Å²) in [5, 5.41) is 0. The Labute approximate surface area is 95.2 Å². The second-order valence-electron chi connectivity index (χ2n) is 5.69. The molecule has 1 atom stereocenters. The van der Waals surface area contributed by atoms with Gasteiger partial charge in [0.25, 0.3) is 0 Å². The van der Waals surface area contributed by atoms with Crippen LogP contribution in [0.1, 0.15) is 59.3 Å². The Morgan fingerprint density at radius 3 is 2.67 bits per heavy atom. The van der Waals surface area contributed by atoms with Gasteiger partial charge in [-0.25, -0.2) is 0 Å². The Hall–Kier alpha value is -0.0800.